The predicted octanol–water partition coefficient (Wildman–Crippen LogP) is 2.12. The highest BCUT2D eigenvalue weighted by Crippen LogP contribution is 2.32. The van der Waals surface area contributed by atoms with Crippen molar-refractivity contribution in [3.63, 3.8) is 0 Å². The zero-order valence-corrected chi connectivity index (χ0v) is 10.8. The molecule has 96 valence electrons. The van der Waals surface area contributed by atoms with Gasteiger partial charge in [0.05, 0.1) is 19.9 Å². The molecule has 2 rings (SSSR count). The van der Waals surface area contributed by atoms with Crippen LogP contribution < -0.4 is 9.47 Å². The van der Waals surface area contributed by atoms with Gasteiger partial charge >= 0.3 is 0 Å². The Morgan fingerprint density at radius 3 is 2.50 bits per heavy atom. The minimum absolute atomic E-state index is 0.643. The number of rotatable bonds is 4. The monoisotopic (exact) mass is 247 g/mol. The van der Waals surface area contributed by atoms with E-state index in [1.54, 1.807) is 32.4 Å². The molecule has 0 spiro atoms. The quantitative estimate of drug-likeness (QED) is 0.900. The van der Waals surface area contributed by atoms with Crippen LogP contribution >= 0.6 is 0 Å². The highest BCUT2D eigenvalue weighted by Gasteiger charge is 2.18. The molecular formula is C14H17NO3. The van der Waals surface area contributed by atoms with Crippen LogP contribution in [0.25, 0.3) is 0 Å². The summed E-state index contributed by atoms with van der Waals surface area (Å²) in [5, 5.41) is 10.4. The zero-order valence-electron chi connectivity index (χ0n) is 10.8. The fraction of sp³-hybridized carbons (Fsp3) is 0.286. The number of methoxy groups -OCH3 is 2. The molecular weight excluding hydrogens is 230 g/mol. The van der Waals surface area contributed by atoms with E-state index in [1.165, 1.54) is 0 Å². The SMILES string of the molecule is COc1ccc(OC)c(C(O)c2cccn2C)c1. The van der Waals surface area contributed by atoms with Crippen molar-refractivity contribution in [2.45, 2.75) is 6.10 Å². The molecule has 1 aromatic carbocycles. The Labute approximate surface area is 106 Å². The van der Waals surface area contributed by atoms with E-state index in [4.69, 9.17) is 9.47 Å². The van der Waals surface area contributed by atoms with Crippen molar-refractivity contribution in [1.82, 2.24) is 4.57 Å². The molecule has 0 fully saturated rings. The lowest BCUT2D eigenvalue weighted by atomic mass is 10.0. The highest BCUT2D eigenvalue weighted by molar-refractivity contribution is 5.44. The highest BCUT2D eigenvalue weighted by atomic mass is 16.5. The summed E-state index contributed by atoms with van der Waals surface area (Å²) >= 11 is 0. The van der Waals surface area contributed by atoms with Crippen LogP contribution in [0.5, 0.6) is 11.5 Å². The number of hydrogen-bond acceptors (Lipinski definition) is 3. The first-order valence-corrected chi connectivity index (χ1v) is 5.68. The number of aliphatic hydroxyl groups is 1. The van der Waals surface area contributed by atoms with Crippen LogP contribution in [0.15, 0.2) is 36.5 Å². The van der Waals surface area contributed by atoms with E-state index >= 15 is 0 Å². The van der Waals surface area contributed by atoms with Gasteiger partial charge in [0, 0.05) is 18.8 Å². The minimum Gasteiger partial charge on any atom is -0.497 e. The van der Waals surface area contributed by atoms with Crippen LogP contribution in [-0.2, 0) is 7.05 Å². The Morgan fingerprint density at radius 1 is 1.17 bits per heavy atom. The first-order chi connectivity index (χ1) is 8.67. The lowest BCUT2D eigenvalue weighted by Crippen LogP contribution is -2.07. The molecule has 1 heterocycles. The number of aryl methyl sites for hydroxylation is 1. The van der Waals surface area contributed by atoms with Gasteiger partial charge in [0.2, 0.25) is 0 Å². The summed E-state index contributed by atoms with van der Waals surface area (Å²) < 4.78 is 12.3. The van der Waals surface area contributed by atoms with Crippen LogP contribution in [0.1, 0.15) is 17.4 Å². The van der Waals surface area contributed by atoms with Crippen LogP contribution in [0.4, 0.5) is 0 Å². The third-order valence-corrected chi connectivity index (χ3v) is 3.00. The lowest BCUT2D eigenvalue weighted by Gasteiger charge is -2.16. The predicted molar refractivity (Wildman–Crippen MR) is 69.0 cm³/mol. The molecule has 0 aliphatic rings. The largest absolute Gasteiger partial charge is 0.497 e. The third kappa shape index (κ3) is 2.19. The molecule has 1 N–H and O–H groups in total. The Kier molecular flexibility index (Phi) is 3.58. The first-order valence-electron chi connectivity index (χ1n) is 5.68. The summed E-state index contributed by atoms with van der Waals surface area (Å²) in [6.07, 6.45) is 1.15. The van der Waals surface area contributed by atoms with Crippen LogP contribution in [0, 0.1) is 0 Å². The van der Waals surface area contributed by atoms with Crippen molar-refractivity contribution in [1.29, 1.82) is 0 Å². The minimum atomic E-state index is -0.741. The summed E-state index contributed by atoms with van der Waals surface area (Å²) in [5.41, 5.74) is 1.50. The molecule has 18 heavy (non-hydrogen) atoms. The Bertz CT molecular complexity index is 534. The van der Waals surface area contributed by atoms with Gasteiger partial charge < -0.3 is 19.1 Å². The summed E-state index contributed by atoms with van der Waals surface area (Å²) in [7, 11) is 5.08. The average Bonchev–Trinajstić information content (AvgIpc) is 2.83. The molecule has 0 bridgehead atoms. The number of nitrogens with zero attached hydrogens (tertiary/aromatic N) is 1. The summed E-state index contributed by atoms with van der Waals surface area (Å²) in [4.78, 5) is 0. The van der Waals surface area contributed by atoms with Crippen molar-refractivity contribution in [3.8, 4) is 11.5 Å². The lowest BCUT2D eigenvalue weighted by molar-refractivity contribution is 0.205. The van der Waals surface area contributed by atoms with Gasteiger partial charge in [-0.05, 0) is 30.3 Å². The molecule has 4 heteroatoms. The van der Waals surface area contributed by atoms with Gasteiger partial charge in [0.15, 0.2) is 0 Å². The number of ether oxygens (including phenoxy) is 2. The van der Waals surface area contributed by atoms with E-state index in [9.17, 15) is 5.11 Å². The van der Waals surface area contributed by atoms with E-state index in [0.717, 1.165) is 5.69 Å². The Hall–Kier alpha value is -1.94. The topological polar surface area (TPSA) is 43.6 Å². The maximum Gasteiger partial charge on any atom is 0.125 e. The van der Waals surface area contributed by atoms with Crippen molar-refractivity contribution in [2.24, 2.45) is 7.05 Å². The molecule has 1 atom stereocenters. The van der Waals surface area contributed by atoms with Crippen LogP contribution in [0.3, 0.4) is 0 Å². The molecule has 0 saturated heterocycles. The van der Waals surface area contributed by atoms with Crippen molar-refractivity contribution in [2.75, 3.05) is 14.2 Å². The fourth-order valence-corrected chi connectivity index (χ4v) is 1.97. The maximum absolute atomic E-state index is 10.4. The van der Waals surface area contributed by atoms with Gasteiger partial charge in [-0.25, -0.2) is 0 Å². The third-order valence-electron chi connectivity index (χ3n) is 3.00. The maximum atomic E-state index is 10.4. The van der Waals surface area contributed by atoms with E-state index in [1.807, 2.05) is 29.9 Å². The molecule has 0 amide bonds. The van der Waals surface area contributed by atoms with Crippen LogP contribution in [-0.4, -0.2) is 23.9 Å². The summed E-state index contributed by atoms with van der Waals surface area (Å²) in [5.74, 6) is 1.34. The second-order valence-corrected chi connectivity index (χ2v) is 4.05. The van der Waals surface area contributed by atoms with E-state index in [0.29, 0.717) is 17.1 Å². The Morgan fingerprint density at radius 2 is 1.94 bits per heavy atom. The van der Waals surface area contributed by atoms with E-state index in [-0.39, 0.29) is 0 Å². The summed E-state index contributed by atoms with van der Waals surface area (Å²) in [6, 6.07) is 9.16. The molecule has 0 saturated carbocycles. The molecule has 4 nitrogen and oxygen atoms in total. The molecule has 2 aromatic rings. The van der Waals surface area contributed by atoms with Crippen molar-refractivity contribution < 1.29 is 14.6 Å². The zero-order chi connectivity index (χ0) is 13.1. The van der Waals surface area contributed by atoms with E-state index < -0.39 is 6.10 Å². The summed E-state index contributed by atoms with van der Waals surface area (Å²) in [6.45, 7) is 0. The number of aliphatic hydroxyl groups excluding tert-OH is 1. The standard InChI is InChI=1S/C14H17NO3/c1-15-8-4-5-12(15)14(16)11-9-10(17-2)6-7-13(11)18-3/h4-9,14,16H,1-3H3. The van der Waals surface area contributed by atoms with Crippen LogP contribution in [0.2, 0.25) is 0 Å². The van der Waals surface area contributed by atoms with Gasteiger partial charge in [-0.15, -0.1) is 0 Å². The van der Waals surface area contributed by atoms with Gasteiger partial charge in [0.25, 0.3) is 0 Å². The number of aromatic nitrogens is 1. The van der Waals surface area contributed by atoms with Gasteiger partial charge in [-0.1, -0.05) is 0 Å². The molecule has 1 unspecified atom stereocenters. The molecule has 0 aliphatic carbocycles. The molecule has 1 aromatic heterocycles. The molecule has 0 radical (unpaired) electrons. The van der Waals surface area contributed by atoms with Crippen molar-refractivity contribution in [3.05, 3.63) is 47.8 Å². The average molecular weight is 247 g/mol. The number of benzene rings is 1. The van der Waals surface area contributed by atoms with Gasteiger partial charge in [0.1, 0.15) is 17.6 Å². The Balaban J connectivity index is 2.45. The molecule has 0 aliphatic heterocycles. The van der Waals surface area contributed by atoms with Gasteiger partial charge in [-0.3, -0.25) is 0 Å². The van der Waals surface area contributed by atoms with Crippen molar-refractivity contribution >= 4 is 0 Å². The van der Waals surface area contributed by atoms with Gasteiger partial charge in [-0.2, -0.15) is 0 Å². The van der Waals surface area contributed by atoms with E-state index in [2.05, 4.69) is 0 Å². The normalized spacial score (nSPS) is 12.2. The number of hydrogen-bond donors (Lipinski definition) is 1. The second kappa shape index (κ2) is 5.14. The first kappa shape index (κ1) is 12.5. The fourth-order valence-electron chi connectivity index (χ4n) is 1.97. The second-order valence-electron chi connectivity index (χ2n) is 4.05. The smallest absolute Gasteiger partial charge is 0.125 e.